The van der Waals surface area contributed by atoms with E-state index in [1.165, 1.54) is 0 Å². The number of halogens is 1. The van der Waals surface area contributed by atoms with Crippen molar-refractivity contribution in [1.82, 2.24) is 0 Å². The molecule has 0 saturated carbocycles. The van der Waals surface area contributed by atoms with Gasteiger partial charge in [-0.2, -0.15) is 0 Å². The first-order chi connectivity index (χ1) is 4.54. The number of hydrogen-bond donors (Lipinski definition) is 2. The van der Waals surface area contributed by atoms with Crippen LogP contribution < -0.4 is 10.8 Å². The first-order valence-electron chi connectivity index (χ1n) is 2.72. The fourth-order valence-corrected chi connectivity index (χ4v) is 0.397. The van der Waals surface area contributed by atoms with Crippen molar-refractivity contribution in [2.75, 3.05) is 0 Å². The van der Waals surface area contributed by atoms with Crippen LogP contribution >= 0.6 is 17.0 Å². The van der Waals surface area contributed by atoms with Crippen molar-refractivity contribution >= 4 is 52.0 Å². The van der Waals surface area contributed by atoms with E-state index in [-0.39, 0.29) is 52.9 Å². The standard InChI is InChI=1S/C5H9NO4.BrH.Mg/c6-3(5(9)10)1-2-4(7)8;;/h3H,1-2,6H2,(H,7,8)(H,9,10);1H;/q;;+2/p-1. The van der Waals surface area contributed by atoms with Crippen LogP contribution in [0.3, 0.4) is 0 Å². The number of carboxylic acids is 2. The molecule has 0 aromatic carbocycles. The molecule has 0 aromatic rings. The smallest absolute Gasteiger partial charge is 0.550 e. The molecule has 0 aromatic heterocycles. The van der Waals surface area contributed by atoms with Gasteiger partial charge in [-0.05, 0) is 12.8 Å². The van der Waals surface area contributed by atoms with Gasteiger partial charge in [0.15, 0.2) is 0 Å². The molecule has 66 valence electrons. The maximum absolute atomic E-state index is 9.97. The van der Waals surface area contributed by atoms with Crippen LogP contribution in [0.25, 0.3) is 0 Å². The van der Waals surface area contributed by atoms with Crippen molar-refractivity contribution in [2.45, 2.75) is 18.9 Å². The van der Waals surface area contributed by atoms with Crippen LogP contribution in [0.5, 0.6) is 0 Å². The molecule has 0 heterocycles. The van der Waals surface area contributed by atoms with Crippen LogP contribution in [0.15, 0.2) is 0 Å². The summed E-state index contributed by atoms with van der Waals surface area (Å²) in [6, 6.07) is -1.10. The molecule has 0 amide bonds. The number of carbonyl (C=O) groups excluding carboxylic acids is 1. The summed E-state index contributed by atoms with van der Waals surface area (Å²) in [6.07, 6.45) is -0.398. The molecule has 0 rings (SSSR count). The van der Waals surface area contributed by atoms with Crippen LogP contribution in [0.2, 0.25) is 0 Å². The third-order valence-corrected chi connectivity index (χ3v) is 0.977. The SMILES string of the molecule is Br.NC(CCC(=O)[O-])C(=O)O.[Mg+2]. The number of rotatable bonds is 4. The third-order valence-electron chi connectivity index (χ3n) is 0.977. The Bertz CT molecular complexity index is 154. The molecule has 5 nitrogen and oxygen atoms in total. The van der Waals surface area contributed by atoms with E-state index in [0.717, 1.165) is 0 Å². The monoisotopic (exact) mass is 250 g/mol. The van der Waals surface area contributed by atoms with Crippen molar-refractivity contribution in [3.8, 4) is 0 Å². The van der Waals surface area contributed by atoms with Gasteiger partial charge in [0.05, 0.1) is 0 Å². The molecule has 0 aliphatic heterocycles. The Morgan fingerprint density at radius 2 is 1.92 bits per heavy atom. The molecule has 0 bridgehead atoms. The van der Waals surface area contributed by atoms with Gasteiger partial charge in [0.1, 0.15) is 6.04 Å². The molecule has 1 unspecified atom stereocenters. The van der Waals surface area contributed by atoms with Gasteiger partial charge in [-0.25, -0.2) is 0 Å². The van der Waals surface area contributed by atoms with E-state index in [1.54, 1.807) is 0 Å². The van der Waals surface area contributed by atoms with Crippen molar-refractivity contribution in [3.05, 3.63) is 0 Å². The molecule has 12 heavy (non-hydrogen) atoms. The zero-order chi connectivity index (χ0) is 8.15. The van der Waals surface area contributed by atoms with Crippen LogP contribution in [-0.4, -0.2) is 46.1 Å². The Labute approximate surface area is 96.2 Å². The van der Waals surface area contributed by atoms with Crippen molar-refractivity contribution in [1.29, 1.82) is 0 Å². The second kappa shape index (κ2) is 9.24. The summed E-state index contributed by atoms with van der Waals surface area (Å²) in [7, 11) is 0. The Hall–Kier alpha value is 0.146. The number of hydrogen-bond acceptors (Lipinski definition) is 4. The molecule has 0 fully saturated rings. The van der Waals surface area contributed by atoms with Crippen molar-refractivity contribution in [3.63, 3.8) is 0 Å². The molecule has 0 aliphatic rings. The third kappa shape index (κ3) is 10.1. The van der Waals surface area contributed by atoms with Gasteiger partial charge in [0, 0.05) is 5.97 Å². The zero-order valence-electron chi connectivity index (χ0n) is 6.36. The molecule has 1 atom stereocenters. The molecular formula is C5H9BrMgNO4+. The Morgan fingerprint density at radius 3 is 2.17 bits per heavy atom. The summed E-state index contributed by atoms with van der Waals surface area (Å²) in [5.74, 6) is -2.47. The predicted octanol–water partition coefficient (Wildman–Crippen LogP) is -1.87. The molecule has 7 heteroatoms. The zero-order valence-corrected chi connectivity index (χ0v) is 9.48. The van der Waals surface area contributed by atoms with Crippen LogP contribution in [-0.2, 0) is 9.59 Å². The molecule has 0 spiro atoms. The summed E-state index contributed by atoms with van der Waals surface area (Å²) in [4.78, 5) is 19.7. The van der Waals surface area contributed by atoms with E-state index in [0.29, 0.717) is 0 Å². The maximum atomic E-state index is 9.97. The minimum absolute atomic E-state index is 0. The summed E-state index contributed by atoms with van der Waals surface area (Å²) in [6.45, 7) is 0. The van der Waals surface area contributed by atoms with Crippen LogP contribution in [0.4, 0.5) is 0 Å². The average Bonchev–Trinajstić information content (AvgIpc) is 1.82. The van der Waals surface area contributed by atoms with Gasteiger partial charge in [0.2, 0.25) is 0 Å². The van der Waals surface area contributed by atoms with Gasteiger partial charge in [-0.1, -0.05) is 0 Å². The Kier molecular flexibility index (Phi) is 13.9. The van der Waals surface area contributed by atoms with E-state index in [4.69, 9.17) is 10.8 Å². The van der Waals surface area contributed by atoms with Gasteiger partial charge < -0.3 is 20.7 Å². The summed E-state index contributed by atoms with van der Waals surface area (Å²) >= 11 is 0. The Balaban J connectivity index is -0.000000405. The van der Waals surface area contributed by atoms with E-state index in [2.05, 4.69) is 0 Å². The summed E-state index contributed by atoms with van der Waals surface area (Å²) < 4.78 is 0. The Morgan fingerprint density at radius 1 is 1.50 bits per heavy atom. The molecular weight excluding hydrogens is 242 g/mol. The predicted molar refractivity (Wildman–Crippen MR) is 45.9 cm³/mol. The average molecular weight is 251 g/mol. The molecule has 0 radical (unpaired) electrons. The van der Waals surface area contributed by atoms with Gasteiger partial charge >= 0.3 is 29.0 Å². The quantitative estimate of drug-likeness (QED) is 0.569. The minimum Gasteiger partial charge on any atom is -0.550 e. The fraction of sp³-hybridized carbons (Fsp3) is 0.600. The first kappa shape index (κ1) is 18.0. The molecule has 0 saturated heterocycles. The number of aliphatic carboxylic acids is 2. The van der Waals surface area contributed by atoms with E-state index in [1.807, 2.05) is 0 Å². The van der Waals surface area contributed by atoms with Crippen molar-refractivity contribution < 1.29 is 19.8 Å². The summed E-state index contributed by atoms with van der Waals surface area (Å²) in [5, 5.41) is 17.9. The van der Waals surface area contributed by atoms with Crippen LogP contribution in [0, 0.1) is 0 Å². The largest absolute Gasteiger partial charge is 2.00 e. The van der Waals surface area contributed by atoms with Crippen molar-refractivity contribution in [2.24, 2.45) is 5.73 Å². The van der Waals surface area contributed by atoms with E-state index in [9.17, 15) is 14.7 Å². The minimum atomic E-state index is -1.28. The second-order valence-electron chi connectivity index (χ2n) is 1.86. The maximum Gasteiger partial charge on any atom is 2.00 e. The molecule has 0 aliphatic carbocycles. The van der Waals surface area contributed by atoms with Crippen LogP contribution in [0.1, 0.15) is 12.8 Å². The first-order valence-corrected chi connectivity index (χ1v) is 2.72. The number of nitrogens with two attached hydrogens (primary N) is 1. The van der Waals surface area contributed by atoms with E-state index >= 15 is 0 Å². The van der Waals surface area contributed by atoms with Gasteiger partial charge in [-0.3, -0.25) is 4.79 Å². The topological polar surface area (TPSA) is 103 Å². The number of carbonyl (C=O) groups is 2. The summed E-state index contributed by atoms with van der Waals surface area (Å²) in [5.41, 5.74) is 4.97. The number of carboxylic acid groups (broad SMARTS) is 2. The van der Waals surface area contributed by atoms with Gasteiger partial charge in [0.25, 0.3) is 0 Å². The fourth-order valence-electron chi connectivity index (χ4n) is 0.397. The normalized spacial score (nSPS) is 10.4. The van der Waals surface area contributed by atoms with Gasteiger partial charge in [-0.15, -0.1) is 17.0 Å². The molecule has 3 N–H and O–H groups in total. The van der Waals surface area contributed by atoms with E-state index < -0.39 is 18.0 Å². The second-order valence-corrected chi connectivity index (χ2v) is 1.86.